The van der Waals surface area contributed by atoms with Crippen LogP contribution in [0.5, 0.6) is 0 Å². The highest BCUT2D eigenvalue weighted by Gasteiger charge is 2.37. The van der Waals surface area contributed by atoms with Gasteiger partial charge >= 0.3 is 0 Å². The Bertz CT molecular complexity index is 505. The smallest absolute Gasteiger partial charge is 0.225 e. The van der Waals surface area contributed by atoms with Gasteiger partial charge in [-0.25, -0.2) is 0 Å². The number of amides is 1. The lowest BCUT2D eigenvalue weighted by molar-refractivity contribution is -0.130. The van der Waals surface area contributed by atoms with Gasteiger partial charge in [-0.1, -0.05) is 37.6 Å². The molecule has 2 rings (SSSR count). The van der Waals surface area contributed by atoms with Crippen LogP contribution < -0.4 is 10.6 Å². The average Bonchev–Trinajstić information content (AvgIpc) is 2.44. The second kappa shape index (κ2) is 6.77. The predicted molar refractivity (Wildman–Crippen MR) is 84.2 cm³/mol. The van der Waals surface area contributed by atoms with Crippen molar-refractivity contribution < 1.29 is 9.90 Å². The zero-order valence-electron chi connectivity index (χ0n) is 12.5. The van der Waals surface area contributed by atoms with Gasteiger partial charge in [0, 0.05) is 11.6 Å². The summed E-state index contributed by atoms with van der Waals surface area (Å²) in [6.07, 6.45) is 0.964. The Hall–Kier alpha value is -1.10. The minimum atomic E-state index is -0.422. The largest absolute Gasteiger partial charge is 0.394 e. The first-order chi connectivity index (χ1) is 9.94. The SMILES string of the molecule is CC1(C)CCNCC1C(=O)NC(CO)c1cccc(Cl)c1. The average molecular weight is 311 g/mol. The van der Waals surface area contributed by atoms with E-state index >= 15 is 0 Å². The van der Waals surface area contributed by atoms with Crippen LogP contribution in [0.4, 0.5) is 0 Å². The van der Waals surface area contributed by atoms with Crippen LogP contribution in [0.2, 0.25) is 5.02 Å². The summed E-state index contributed by atoms with van der Waals surface area (Å²) in [5, 5.41) is 16.4. The first-order valence-electron chi connectivity index (χ1n) is 7.31. The minimum absolute atomic E-state index is 0.0220. The second-order valence-electron chi connectivity index (χ2n) is 6.29. The second-order valence-corrected chi connectivity index (χ2v) is 6.73. The molecule has 1 saturated heterocycles. The zero-order valence-corrected chi connectivity index (χ0v) is 13.3. The maximum atomic E-state index is 12.5. The van der Waals surface area contributed by atoms with Gasteiger partial charge in [-0.2, -0.15) is 0 Å². The van der Waals surface area contributed by atoms with E-state index in [9.17, 15) is 9.90 Å². The van der Waals surface area contributed by atoms with E-state index in [1.165, 1.54) is 0 Å². The Morgan fingerprint density at radius 3 is 2.95 bits per heavy atom. The summed E-state index contributed by atoms with van der Waals surface area (Å²) in [7, 11) is 0. The van der Waals surface area contributed by atoms with Crippen molar-refractivity contribution in [3.8, 4) is 0 Å². The van der Waals surface area contributed by atoms with Gasteiger partial charge in [-0.05, 0) is 36.1 Å². The Balaban J connectivity index is 2.09. The summed E-state index contributed by atoms with van der Waals surface area (Å²) in [5.74, 6) is -0.120. The molecule has 0 spiro atoms. The molecule has 0 saturated carbocycles. The molecule has 4 nitrogen and oxygen atoms in total. The van der Waals surface area contributed by atoms with Gasteiger partial charge in [0.15, 0.2) is 0 Å². The van der Waals surface area contributed by atoms with Crippen LogP contribution in [0.15, 0.2) is 24.3 Å². The number of halogens is 1. The number of rotatable bonds is 4. The van der Waals surface area contributed by atoms with E-state index in [0.717, 1.165) is 18.5 Å². The standard InChI is InChI=1S/C16H23ClN2O2/c1-16(2)6-7-18-9-13(16)15(21)19-14(10-20)11-4-3-5-12(17)8-11/h3-5,8,13-14,18,20H,6-7,9-10H2,1-2H3,(H,19,21). The molecule has 1 aromatic carbocycles. The number of aliphatic hydroxyl groups excluding tert-OH is 1. The van der Waals surface area contributed by atoms with E-state index in [1.807, 2.05) is 12.1 Å². The zero-order chi connectivity index (χ0) is 15.5. The van der Waals surface area contributed by atoms with Crippen LogP contribution in [-0.4, -0.2) is 30.7 Å². The quantitative estimate of drug-likeness (QED) is 0.798. The molecule has 1 amide bonds. The van der Waals surface area contributed by atoms with Gasteiger partial charge in [0.2, 0.25) is 5.91 Å². The highest BCUT2D eigenvalue weighted by molar-refractivity contribution is 6.30. The van der Waals surface area contributed by atoms with Gasteiger partial charge in [0.05, 0.1) is 18.6 Å². The van der Waals surface area contributed by atoms with E-state index in [2.05, 4.69) is 24.5 Å². The number of carbonyl (C=O) groups is 1. The predicted octanol–water partition coefficient (Wildman–Crippen LogP) is 2.13. The molecule has 0 radical (unpaired) electrons. The monoisotopic (exact) mass is 310 g/mol. The third-order valence-electron chi connectivity index (χ3n) is 4.30. The van der Waals surface area contributed by atoms with Crippen LogP contribution in [-0.2, 0) is 4.79 Å². The van der Waals surface area contributed by atoms with Gasteiger partial charge in [-0.15, -0.1) is 0 Å². The van der Waals surface area contributed by atoms with Gasteiger partial charge < -0.3 is 15.7 Å². The number of aliphatic hydroxyl groups is 1. The molecule has 1 aromatic rings. The number of piperidine rings is 1. The Morgan fingerprint density at radius 1 is 1.57 bits per heavy atom. The minimum Gasteiger partial charge on any atom is -0.394 e. The van der Waals surface area contributed by atoms with Crippen molar-refractivity contribution in [3.63, 3.8) is 0 Å². The molecule has 21 heavy (non-hydrogen) atoms. The number of carbonyl (C=O) groups excluding carboxylic acids is 1. The molecular formula is C16H23ClN2O2. The lowest BCUT2D eigenvalue weighted by atomic mass is 9.73. The fourth-order valence-corrected chi connectivity index (χ4v) is 2.98. The number of hydrogen-bond acceptors (Lipinski definition) is 3. The van der Waals surface area contributed by atoms with Crippen LogP contribution >= 0.6 is 11.6 Å². The van der Waals surface area contributed by atoms with Crippen LogP contribution in [0.25, 0.3) is 0 Å². The normalized spacial score (nSPS) is 22.6. The van der Waals surface area contributed by atoms with Crippen molar-refractivity contribution in [2.45, 2.75) is 26.3 Å². The van der Waals surface area contributed by atoms with Gasteiger partial charge in [-0.3, -0.25) is 4.79 Å². The van der Waals surface area contributed by atoms with Crippen molar-refractivity contribution in [3.05, 3.63) is 34.9 Å². The number of benzene rings is 1. The molecule has 1 aliphatic rings. The summed E-state index contributed by atoms with van der Waals surface area (Å²) in [6.45, 7) is 5.70. The Labute approximate surface area is 130 Å². The molecule has 1 fully saturated rings. The summed E-state index contributed by atoms with van der Waals surface area (Å²) in [6, 6.07) is 6.80. The maximum Gasteiger partial charge on any atom is 0.225 e. The third kappa shape index (κ3) is 3.96. The fraction of sp³-hybridized carbons (Fsp3) is 0.562. The van der Waals surface area contributed by atoms with Crippen LogP contribution in [0, 0.1) is 11.3 Å². The third-order valence-corrected chi connectivity index (χ3v) is 4.54. The van der Waals surface area contributed by atoms with E-state index in [0.29, 0.717) is 11.6 Å². The molecule has 5 heteroatoms. The highest BCUT2D eigenvalue weighted by atomic mass is 35.5. The van der Waals surface area contributed by atoms with Gasteiger partial charge in [0.25, 0.3) is 0 Å². The van der Waals surface area contributed by atoms with Crippen LogP contribution in [0.3, 0.4) is 0 Å². The van der Waals surface area contributed by atoms with Crippen molar-refractivity contribution in [1.29, 1.82) is 0 Å². The van der Waals surface area contributed by atoms with E-state index < -0.39 is 6.04 Å². The molecule has 1 heterocycles. The molecule has 0 bridgehead atoms. The number of nitrogens with one attached hydrogen (secondary N) is 2. The topological polar surface area (TPSA) is 61.4 Å². The van der Waals surface area contributed by atoms with Crippen molar-refractivity contribution in [2.75, 3.05) is 19.7 Å². The summed E-state index contributed by atoms with van der Waals surface area (Å²) < 4.78 is 0. The molecule has 3 N–H and O–H groups in total. The molecular weight excluding hydrogens is 288 g/mol. The van der Waals surface area contributed by atoms with Crippen molar-refractivity contribution >= 4 is 17.5 Å². The molecule has 116 valence electrons. The first kappa shape index (κ1) is 16.3. The molecule has 0 aliphatic carbocycles. The molecule has 2 atom stereocenters. The van der Waals surface area contributed by atoms with Crippen molar-refractivity contribution in [2.24, 2.45) is 11.3 Å². The molecule has 1 aliphatic heterocycles. The summed E-state index contributed by atoms with van der Waals surface area (Å²) >= 11 is 5.97. The van der Waals surface area contributed by atoms with Crippen molar-refractivity contribution in [1.82, 2.24) is 10.6 Å². The molecule has 2 unspecified atom stereocenters. The lowest BCUT2D eigenvalue weighted by Crippen LogP contribution is -2.50. The van der Waals surface area contributed by atoms with Crippen LogP contribution in [0.1, 0.15) is 31.9 Å². The molecule has 0 aromatic heterocycles. The first-order valence-corrected chi connectivity index (χ1v) is 7.69. The fourth-order valence-electron chi connectivity index (χ4n) is 2.79. The summed E-state index contributed by atoms with van der Waals surface area (Å²) in [4.78, 5) is 12.5. The van der Waals surface area contributed by atoms with E-state index in [1.54, 1.807) is 12.1 Å². The van der Waals surface area contributed by atoms with E-state index in [-0.39, 0.29) is 23.8 Å². The Morgan fingerprint density at radius 2 is 2.33 bits per heavy atom. The maximum absolute atomic E-state index is 12.5. The summed E-state index contributed by atoms with van der Waals surface area (Å²) in [5.41, 5.74) is 0.781. The van der Waals surface area contributed by atoms with Gasteiger partial charge in [0.1, 0.15) is 0 Å². The highest BCUT2D eigenvalue weighted by Crippen LogP contribution is 2.33. The lowest BCUT2D eigenvalue weighted by Gasteiger charge is -2.38. The van der Waals surface area contributed by atoms with E-state index in [4.69, 9.17) is 11.6 Å². The number of hydrogen-bond donors (Lipinski definition) is 3. The Kier molecular flexibility index (Phi) is 5.25.